The number of nitrogens with zero attached hydrogens (tertiary/aromatic N) is 5. The number of alkyl halides is 3. The Hall–Kier alpha value is -3.69. The number of hydrogen-bond donors (Lipinski definition) is 1. The molecule has 7 nitrogen and oxygen atoms in total. The molecule has 0 saturated carbocycles. The number of aryl methyl sites for hydroxylation is 2. The summed E-state index contributed by atoms with van der Waals surface area (Å²) in [5, 5.41) is 12.2. The number of aromatic nitrogens is 5. The second-order valence-electron chi connectivity index (χ2n) is 7.64. The SMILES string of the molecule is Cc1nn(C)c2ncc(C(=O)NC(C)c3cnn(-c4cccc(C(F)(F)F)c4)c3C)cc12. The lowest BCUT2D eigenvalue weighted by molar-refractivity contribution is -0.137. The van der Waals surface area contributed by atoms with Gasteiger partial charge in [0.05, 0.1) is 34.7 Å². The first-order valence-corrected chi connectivity index (χ1v) is 9.88. The molecule has 4 aromatic rings. The van der Waals surface area contributed by atoms with Crippen molar-refractivity contribution in [3.63, 3.8) is 0 Å². The lowest BCUT2D eigenvalue weighted by Gasteiger charge is -2.15. The van der Waals surface area contributed by atoms with E-state index >= 15 is 0 Å². The fourth-order valence-corrected chi connectivity index (χ4v) is 3.71. The van der Waals surface area contributed by atoms with E-state index in [9.17, 15) is 18.0 Å². The molecule has 0 bridgehead atoms. The monoisotopic (exact) mass is 442 g/mol. The van der Waals surface area contributed by atoms with Crippen LogP contribution in [0.2, 0.25) is 0 Å². The molecule has 1 unspecified atom stereocenters. The van der Waals surface area contributed by atoms with Crippen LogP contribution in [0.1, 0.15) is 45.8 Å². The lowest BCUT2D eigenvalue weighted by atomic mass is 10.1. The molecule has 4 rings (SSSR count). The smallest absolute Gasteiger partial charge is 0.345 e. The maximum atomic E-state index is 13.1. The van der Waals surface area contributed by atoms with Crippen LogP contribution in [0.15, 0.2) is 42.7 Å². The average Bonchev–Trinajstić information content (AvgIpc) is 3.26. The quantitative estimate of drug-likeness (QED) is 0.512. The first-order chi connectivity index (χ1) is 15.1. The highest BCUT2D eigenvalue weighted by atomic mass is 19.4. The number of pyridine rings is 1. The summed E-state index contributed by atoms with van der Waals surface area (Å²) in [6, 6.07) is 6.27. The third-order valence-corrected chi connectivity index (χ3v) is 5.41. The number of fused-ring (bicyclic) bond motifs is 1. The molecule has 0 aliphatic rings. The zero-order valence-corrected chi connectivity index (χ0v) is 17.9. The predicted molar refractivity (Wildman–Crippen MR) is 112 cm³/mol. The Morgan fingerprint density at radius 2 is 1.91 bits per heavy atom. The highest BCUT2D eigenvalue weighted by Crippen LogP contribution is 2.31. The van der Waals surface area contributed by atoms with Crippen molar-refractivity contribution in [3.05, 3.63) is 70.8 Å². The molecule has 1 N–H and O–H groups in total. The van der Waals surface area contributed by atoms with Gasteiger partial charge in [-0.15, -0.1) is 0 Å². The van der Waals surface area contributed by atoms with Crippen molar-refractivity contribution in [2.24, 2.45) is 7.05 Å². The minimum atomic E-state index is -4.44. The van der Waals surface area contributed by atoms with E-state index in [2.05, 4.69) is 20.5 Å². The molecular formula is C22H21F3N6O. The third-order valence-electron chi connectivity index (χ3n) is 5.41. The van der Waals surface area contributed by atoms with E-state index in [-0.39, 0.29) is 5.91 Å². The van der Waals surface area contributed by atoms with E-state index in [0.29, 0.717) is 28.2 Å². The Bertz CT molecular complexity index is 1320. The van der Waals surface area contributed by atoms with Crippen molar-refractivity contribution in [1.29, 1.82) is 0 Å². The molecule has 0 aliphatic heterocycles. The number of nitrogens with one attached hydrogen (secondary N) is 1. The van der Waals surface area contributed by atoms with Gasteiger partial charge < -0.3 is 5.32 Å². The van der Waals surface area contributed by atoms with Crippen LogP contribution in [0.25, 0.3) is 16.7 Å². The molecule has 0 aliphatic carbocycles. The van der Waals surface area contributed by atoms with Gasteiger partial charge in [-0.2, -0.15) is 23.4 Å². The Kier molecular flexibility index (Phi) is 5.23. The Morgan fingerprint density at radius 3 is 2.62 bits per heavy atom. The van der Waals surface area contributed by atoms with Gasteiger partial charge in [-0.1, -0.05) is 6.07 Å². The van der Waals surface area contributed by atoms with Gasteiger partial charge in [-0.3, -0.25) is 9.48 Å². The van der Waals surface area contributed by atoms with Crippen molar-refractivity contribution in [2.75, 3.05) is 0 Å². The minimum Gasteiger partial charge on any atom is -0.345 e. The highest BCUT2D eigenvalue weighted by Gasteiger charge is 2.30. The maximum Gasteiger partial charge on any atom is 0.416 e. The van der Waals surface area contributed by atoms with Gasteiger partial charge in [0.25, 0.3) is 5.91 Å². The van der Waals surface area contributed by atoms with Gasteiger partial charge in [0.2, 0.25) is 0 Å². The number of hydrogen-bond acceptors (Lipinski definition) is 4. The van der Waals surface area contributed by atoms with Crippen LogP contribution in [0, 0.1) is 13.8 Å². The van der Waals surface area contributed by atoms with E-state index < -0.39 is 17.8 Å². The van der Waals surface area contributed by atoms with E-state index in [4.69, 9.17) is 0 Å². The molecule has 1 aromatic carbocycles. The standard InChI is InChI=1S/C22H21F3N6O/c1-12(28-21(32)15-8-18-13(2)29-30(4)20(18)26-10-15)19-11-27-31(14(19)3)17-7-5-6-16(9-17)22(23,24)25/h5-12H,1-4H3,(H,28,32). The molecule has 10 heteroatoms. The molecule has 0 radical (unpaired) electrons. The zero-order chi connectivity index (χ0) is 23.2. The van der Waals surface area contributed by atoms with E-state index in [0.717, 1.165) is 23.2 Å². The van der Waals surface area contributed by atoms with Crippen LogP contribution in [0.5, 0.6) is 0 Å². The summed E-state index contributed by atoms with van der Waals surface area (Å²) in [5.74, 6) is -0.318. The molecule has 1 atom stereocenters. The number of benzene rings is 1. The van der Waals surface area contributed by atoms with Crippen LogP contribution >= 0.6 is 0 Å². The summed E-state index contributed by atoms with van der Waals surface area (Å²) in [4.78, 5) is 17.1. The van der Waals surface area contributed by atoms with Gasteiger partial charge in [-0.05, 0) is 45.0 Å². The van der Waals surface area contributed by atoms with Gasteiger partial charge >= 0.3 is 6.18 Å². The predicted octanol–water partition coefficient (Wildman–Crippen LogP) is 4.28. The van der Waals surface area contributed by atoms with Gasteiger partial charge in [0.1, 0.15) is 0 Å². The van der Waals surface area contributed by atoms with Gasteiger partial charge in [-0.25, -0.2) is 9.67 Å². The second kappa shape index (κ2) is 7.77. The fourth-order valence-electron chi connectivity index (χ4n) is 3.71. The number of rotatable bonds is 4. The lowest BCUT2D eigenvalue weighted by Crippen LogP contribution is -2.27. The topological polar surface area (TPSA) is 77.6 Å². The summed E-state index contributed by atoms with van der Waals surface area (Å²) in [6.07, 6.45) is -1.40. The molecule has 0 fully saturated rings. The van der Waals surface area contributed by atoms with Crippen LogP contribution in [0.3, 0.4) is 0 Å². The Labute approximate surface area is 181 Å². The summed E-state index contributed by atoms with van der Waals surface area (Å²) < 4.78 is 42.3. The van der Waals surface area contributed by atoms with E-state index in [1.165, 1.54) is 16.9 Å². The molecule has 0 spiro atoms. The fraction of sp³-hybridized carbons (Fsp3) is 0.273. The number of amides is 1. The van der Waals surface area contributed by atoms with E-state index in [1.54, 1.807) is 43.9 Å². The first-order valence-electron chi connectivity index (χ1n) is 9.88. The largest absolute Gasteiger partial charge is 0.416 e. The van der Waals surface area contributed by atoms with Crippen molar-refractivity contribution < 1.29 is 18.0 Å². The van der Waals surface area contributed by atoms with Crippen molar-refractivity contribution in [1.82, 2.24) is 29.9 Å². The minimum absolute atomic E-state index is 0.295. The van der Waals surface area contributed by atoms with Crippen molar-refractivity contribution in [3.8, 4) is 5.69 Å². The summed E-state index contributed by atoms with van der Waals surface area (Å²) in [5.41, 5.74) is 2.73. The van der Waals surface area contributed by atoms with Crippen LogP contribution in [-0.4, -0.2) is 30.5 Å². The maximum absolute atomic E-state index is 13.1. The Morgan fingerprint density at radius 1 is 1.16 bits per heavy atom. The summed E-state index contributed by atoms with van der Waals surface area (Å²) in [7, 11) is 1.79. The molecular weight excluding hydrogens is 421 g/mol. The van der Waals surface area contributed by atoms with Crippen LogP contribution < -0.4 is 5.32 Å². The number of halogens is 3. The van der Waals surface area contributed by atoms with Crippen molar-refractivity contribution in [2.45, 2.75) is 33.0 Å². The highest BCUT2D eigenvalue weighted by molar-refractivity contribution is 5.97. The number of carbonyl (C=O) groups excluding carboxylic acids is 1. The molecule has 166 valence electrons. The summed E-state index contributed by atoms with van der Waals surface area (Å²) >= 11 is 0. The molecule has 32 heavy (non-hydrogen) atoms. The molecule has 1 amide bonds. The second-order valence-corrected chi connectivity index (χ2v) is 7.64. The Balaban J connectivity index is 1.57. The molecule has 3 aromatic heterocycles. The van der Waals surface area contributed by atoms with Gasteiger partial charge in [0.15, 0.2) is 5.65 Å². The van der Waals surface area contributed by atoms with Crippen LogP contribution in [0.4, 0.5) is 13.2 Å². The van der Waals surface area contributed by atoms with Crippen LogP contribution in [-0.2, 0) is 13.2 Å². The zero-order valence-electron chi connectivity index (χ0n) is 17.9. The average molecular weight is 442 g/mol. The molecule has 3 heterocycles. The molecule has 0 saturated heterocycles. The normalized spacial score (nSPS) is 12.8. The number of carbonyl (C=O) groups is 1. The summed E-state index contributed by atoms with van der Waals surface area (Å²) in [6.45, 7) is 5.39. The van der Waals surface area contributed by atoms with E-state index in [1.807, 2.05) is 6.92 Å². The third kappa shape index (κ3) is 3.83. The van der Waals surface area contributed by atoms with Crippen molar-refractivity contribution >= 4 is 16.9 Å². The first kappa shape index (κ1) is 21.5. The van der Waals surface area contributed by atoms with Gasteiger partial charge in [0, 0.05) is 29.9 Å².